The second-order valence-corrected chi connectivity index (χ2v) is 23.5. The topological polar surface area (TPSA) is 33.5 Å². The molecular formula is C70H68N4O. The number of aromatic nitrogens is 2. The maximum Gasteiger partial charge on any atom is 0.137 e. The fraction of sp³-hybridized carbons (Fsp3) is 0.243. The van der Waals surface area contributed by atoms with Gasteiger partial charge in [-0.2, -0.15) is 0 Å². The van der Waals surface area contributed by atoms with Gasteiger partial charge in [0.1, 0.15) is 24.0 Å². The number of anilines is 4. The molecule has 0 radical (unpaired) electrons. The normalized spacial score (nSPS) is 17.3. The van der Waals surface area contributed by atoms with Crippen LogP contribution in [0.3, 0.4) is 0 Å². The first kappa shape index (κ1) is 36.1. The molecule has 0 spiro atoms. The van der Waals surface area contributed by atoms with Crippen LogP contribution in [-0.4, -0.2) is 16.2 Å². The van der Waals surface area contributed by atoms with Crippen molar-refractivity contribution in [3.05, 3.63) is 216 Å². The monoisotopic (exact) mass is 993 g/mol. The molecular weight excluding hydrogens is 913 g/mol. The van der Waals surface area contributed by atoms with Gasteiger partial charge in [-0.05, 0) is 134 Å². The van der Waals surface area contributed by atoms with E-state index in [2.05, 4.69) is 76.5 Å². The zero-order chi connectivity index (χ0) is 62.5. The second-order valence-electron chi connectivity index (χ2n) is 23.5. The van der Waals surface area contributed by atoms with Gasteiger partial charge in [-0.15, -0.1) is 0 Å². The Hall–Kier alpha value is -7.89. The van der Waals surface area contributed by atoms with Gasteiger partial charge < -0.3 is 14.5 Å². The lowest BCUT2D eigenvalue weighted by Crippen LogP contribution is -2.33. The molecule has 0 amide bonds. The minimum atomic E-state index is -0.808. The van der Waals surface area contributed by atoms with Gasteiger partial charge in [-0.1, -0.05) is 190 Å². The molecule has 1 aliphatic heterocycles. The Morgan fingerprint density at radius 1 is 0.520 bits per heavy atom. The van der Waals surface area contributed by atoms with Crippen LogP contribution in [0.25, 0.3) is 61.0 Å². The minimum Gasteiger partial charge on any atom is -0.457 e. The SMILES string of the molecule is [2H]c1c([2H])c(-c2c([2H])c([2H])c(-c3cccc(-c4ccc5c(c4)C(C)(C)CCC5(C)C)c3N3CN(c4cccc(Oc5ccc6c7c([2H])c([2H])c([2H])c([2H])c7n(-c7cc(C(C)(C)C)ccn7)c6c5)c4)c4ccccc43)c([2H])c2[2H])c([2H])c(C(C)(C)C)c1[2H]. The summed E-state index contributed by atoms with van der Waals surface area (Å²) < 4.78 is 119. The van der Waals surface area contributed by atoms with Gasteiger partial charge >= 0.3 is 0 Å². The Bertz CT molecular complexity index is 4530. The number of nitrogens with zero attached hydrogens (tertiary/aromatic N) is 4. The molecule has 0 bridgehead atoms. The number of rotatable bonds is 8. The molecule has 0 saturated heterocycles. The third-order valence-corrected chi connectivity index (χ3v) is 15.3. The Morgan fingerprint density at radius 3 is 1.96 bits per heavy atom. The smallest absolute Gasteiger partial charge is 0.137 e. The van der Waals surface area contributed by atoms with Gasteiger partial charge in [0.2, 0.25) is 0 Å². The van der Waals surface area contributed by atoms with Crippen molar-refractivity contribution < 1.29 is 21.2 Å². The van der Waals surface area contributed by atoms with Gasteiger partial charge in [-0.3, -0.25) is 4.57 Å². The van der Waals surface area contributed by atoms with Gasteiger partial charge in [0.05, 0.1) is 44.5 Å². The summed E-state index contributed by atoms with van der Waals surface area (Å²) in [5.41, 5.74) is 8.09. The maximum atomic E-state index is 9.89. The molecule has 8 aromatic carbocycles. The van der Waals surface area contributed by atoms with Gasteiger partial charge in [0.25, 0.3) is 0 Å². The maximum absolute atomic E-state index is 9.89. The van der Waals surface area contributed by atoms with Crippen LogP contribution in [0.2, 0.25) is 0 Å². The van der Waals surface area contributed by atoms with Crippen LogP contribution < -0.4 is 14.5 Å². The van der Waals surface area contributed by atoms with Gasteiger partial charge in [0, 0.05) is 45.9 Å². The standard InChI is InChI=1S/C70H68N4O/c1-67(2,3)50-19-15-18-48(40-50)46-28-30-47(31-29-46)55-23-17-24-56(49-32-35-59-60(41-49)70(9,10)38-37-69(59,7)8)66(55)73-45-72(62-26-13-14-27-63(62)73)52-20-16-21-53(43-52)75-54-33-34-58-57-22-11-12-25-61(57)74(64(58)44-54)65-42-51(36-39-71-65)68(4,5)6/h11-36,39-44H,37-38,45H2,1-10H3/i11D,12D,15D,18D,19D,22D,25D,28D,29D,30D,31D,40D. The lowest BCUT2D eigenvalue weighted by molar-refractivity contribution is 0.332. The van der Waals surface area contributed by atoms with E-state index in [9.17, 15) is 6.85 Å². The summed E-state index contributed by atoms with van der Waals surface area (Å²) in [5, 5.41) is 0.992. The number of fused-ring (bicyclic) bond motifs is 5. The van der Waals surface area contributed by atoms with E-state index in [1.165, 1.54) is 11.1 Å². The highest BCUT2D eigenvalue weighted by Crippen LogP contribution is 2.53. The van der Waals surface area contributed by atoms with Crippen LogP contribution in [-0.2, 0) is 21.7 Å². The molecule has 0 fully saturated rings. The highest BCUT2D eigenvalue weighted by Gasteiger charge is 2.38. The number of ether oxygens (including phenoxy) is 1. The first-order chi connectivity index (χ1) is 40.9. The van der Waals surface area contributed by atoms with E-state index in [0.717, 1.165) is 46.6 Å². The van der Waals surface area contributed by atoms with E-state index in [4.69, 9.17) is 19.3 Å². The van der Waals surface area contributed by atoms with Crippen LogP contribution in [0.15, 0.2) is 194 Å². The molecule has 12 rings (SSSR count). The largest absolute Gasteiger partial charge is 0.457 e. The Balaban J connectivity index is 1.01. The van der Waals surface area contributed by atoms with E-state index in [0.29, 0.717) is 50.4 Å². The predicted molar refractivity (Wildman–Crippen MR) is 316 cm³/mol. The molecule has 0 atom stereocenters. The van der Waals surface area contributed by atoms with Crippen molar-refractivity contribution in [1.82, 2.24) is 9.55 Å². The van der Waals surface area contributed by atoms with E-state index < -0.39 is 29.6 Å². The third-order valence-electron chi connectivity index (χ3n) is 15.3. The molecule has 3 heterocycles. The highest BCUT2D eigenvalue weighted by atomic mass is 16.5. The van der Waals surface area contributed by atoms with Gasteiger partial charge in [-0.25, -0.2) is 4.98 Å². The molecule has 10 aromatic rings. The molecule has 5 nitrogen and oxygen atoms in total. The first-order valence-corrected chi connectivity index (χ1v) is 25.9. The van der Waals surface area contributed by atoms with Crippen LogP contribution >= 0.6 is 0 Å². The predicted octanol–water partition coefficient (Wildman–Crippen LogP) is 19.2. The highest BCUT2D eigenvalue weighted by molar-refractivity contribution is 6.09. The van der Waals surface area contributed by atoms with E-state index in [-0.39, 0.29) is 93.5 Å². The average molecular weight is 993 g/mol. The molecule has 374 valence electrons. The van der Waals surface area contributed by atoms with Crippen molar-refractivity contribution in [3.63, 3.8) is 0 Å². The summed E-state index contributed by atoms with van der Waals surface area (Å²) in [6.45, 7) is 21.1. The Kier molecular flexibility index (Phi) is 8.62. The van der Waals surface area contributed by atoms with E-state index in [1.807, 2.05) is 91.0 Å². The quantitative estimate of drug-likeness (QED) is 0.152. The number of benzene rings is 8. The van der Waals surface area contributed by atoms with E-state index in [1.54, 1.807) is 37.6 Å². The summed E-state index contributed by atoms with van der Waals surface area (Å²) in [4.78, 5) is 9.07. The lowest BCUT2D eigenvalue weighted by Gasteiger charge is -2.42. The van der Waals surface area contributed by atoms with Crippen molar-refractivity contribution in [2.24, 2.45) is 0 Å². The fourth-order valence-electron chi connectivity index (χ4n) is 10.9. The Labute approximate surface area is 461 Å². The van der Waals surface area contributed by atoms with Crippen molar-refractivity contribution in [2.45, 2.75) is 104 Å². The van der Waals surface area contributed by atoms with Crippen LogP contribution in [0.5, 0.6) is 11.5 Å². The first-order valence-electron chi connectivity index (χ1n) is 31.9. The zero-order valence-electron chi connectivity index (χ0n) is 56.4. The summed E-state index contributed by atoms with van der Waals surface area (Å²) in [5.74, 6) is 1.46. The summed E-state index contributed by atoms with van der Waals surface area (Å²) in [6.07, 6.45) is 3.74. The van der Waals surface area contributed by atoms with Crippen molar-refractivity contribution in [2.75, 3.05) is 16.5 Å². The Morgan fingerprint density at radius 2 is 1.20 bits per heavy atom. The number of pyridine rings is 1. The van der Waals surface area contributed by atoms with Crippen LogP contribution in [0.1, 0.15) is 121 Å². The fourth-order valence-corrected chi connectivity index (χ4v) is 10.9. The average Bonchev–Trinajstić information content (AvgIpc) is 1.74. The second kappa shape index (κ2) is 17.9. The summed E-state index contributed by atoms with van der Waals surface area (Å²) in [7, 11) is 0. The molecule has 0 unspecified atom stereocenters. The zero-order valence-corrected chi connectivity index (χ0v) is 44.4. The van der Waals surface area contributed by atoms with Crippen LogP contribution in [0, 0.1) is 0 Å². The lowest BCUT2D eigenvalue weighted by atomic mass is 9.63. The molecule has 1 aliphatic carbocycles. The molecule has 2 aromatic heterocycles. The van der Waals surface area contributed by atoms with E-state index >= 15 is 0 Å². The molecule has 5 heteroatoms. The third kappa shape index (κ3) is 8.66. The molecule has 0 saturated carbocycles. The molecule has 0 N–H and O–H groups in total. The summed E-state index contributed by atoms with van der Waals surface area (Å²) >= 11 is 0. The van der Waals surface area contributed by atoms with Crippen LogP contribution in [0.4, 0.5) is 22.7 Å². The molecule has 2 aliphatic rings. The van der Waals surface area contributed by atoms with Gasteiger partial charge in [0.15, 0.2) is 0 Å². The number of hydrogen-bond acceptors (Lipinski definition) is 4. The minimum absolute atomic E-state index is 0.0283. The van der Waals surface area contributed by atoms with Crippen molar-refractivity contribution in [1.29, 1.82) is 0 Å². The summed E-state index contributed by atoms with van der Waals surface area (Å²) in [6, 6.07) is 33.3. The molecule has 75 heavy (non-hydrogen) atoms. The number of para-hydroxylation sites is 4. The number of hydrogen-bond donors (Lipinski definition) is 0. The van der Waals surface area contributed by atoms with Crippen molar-refractivity contribution >= 4 is 44.6 Å². The van der Waals surface area contributed by atoms with Crippen molar-refractivity contribution in [3.8, 4) is 50.7 Å².